The Morgan fingerprint density at radius 2 is 2.05 bits per heavy atom. The molecular weight excluding hydrogens is 240 g/mol. The summed E-state index contributed by atoms with van der Waals surface area (Å²) in [6.07, 6.45) is 8.97. The van der Waals surface area contributed by atoms with Crippen LogP contribution in [0.5, 0.6) is 0 Å². The Balaban J connectivity index is 1.93. The van der Waals surface area contributed by atoms with Gasteiger partial charge >= 0.3 is 0 Å². The van der Waals surface area contributed by atoms with Crippen molar-refractivity contribution in [1.29, 1.82) is 0 Å². The van der Waals surface area contributed by atoms with Gasteiger partial charge in [-0.1, -0.05) is 19.3 Å². The lowest BCUT2D eigenvalue weighted by atomic mass is 9.96. The fourth-order valence-corrected chi connectivity index (χ4v) is 3.10. The molecule has 1 aliphatic heterocycles. The maximum Gasteiger partial charge on any atom is 0.208 e. The van der Waals surface area contributed by atoms with E-state index in [9.17, 15) is 0 Å². The van der Waals surface area contributed by atoms with Gasteiger partial charge in [0.1, 0.15) is 0 Å². The van der Waals surface area contributed by atoms with E-state index in [4.69, 9.17) is 15.6 Å². The Morgan fingerprint density at radius 1 is 1.26 bits per heavy atom. The minimum Gasteiger partial charge on any atom is -0.377 e. The predicted molar refractivity (Wildman–Crippen MR) is 77.9 cm³/mol. The molecule has 5 nitrogen and oxygen atoms in total. The van der Waals surface area contributed by atoms with E-state index in [0.29, 0.717) is 12.1 Å². The number of hydrogen-bond donors (Lipinski definition) is 2. The van der Waals surface area contributed by atoms with Crippen molar-refractivity contribution in [2.45, 2.75) is 64.0 Å². The molecular formula is C14H28N4O. The number of ether oxygens (including phenoxy) is 1. The Labute approximate surface area is 116 Å². The van der Waals surface area contributed by atoms with Gasteiger partial charge in [-0.05, 0) is 32.6 Å². The highest BCUT2D eigenvalue weighted by molar-refractivity contribution is 5.79. The highest BCUT2D eigenvalue weighted by Gasteiger charge is 2.23. The van der Waals surface area contributed by atoms with Crippen LogP contribution < -0.4 is 11.3 Å². The number of piperidine rings is 1. The Kier molecular flexibility index (Phi) is 5.92. The van der Waals surface area contributed by atoms with E-state index < -0.39 is 0 Å². The van der Waals surface area contributed by atoms with Crippen LogP contribution in [0.25, 0.3) is 0 Å². The van der Waals surface area contributed by atoms with Crippen molar-refractivity contribution in [3.63, 3.8) is 0 Å². The van der Waals surface area contributed by atoms with Crippen molar-refractivity contribution in [2.24, 2.45) is 10.8 Å². The third-order valence-corrected chi connectivity index (χ3v) is 4.09. The summed E-state index contributed by atoms with van der Waals surface area (Å²) in [6, 6.07) is 0.451. The number of likely N-dealkylation sites (tertiary alicyclic amines) is 1. The standard InChI is InChI=1S/C14H28N4O/c1-2-19-13-9-6-10-18(11-13)14(17-15)16-12-7-4-3-5-8-12/h12-13H,2-11,15H2,1H3,(H,16,17). The van der Waals surface area contributed by atoms with Crippen LogP contribution in [0.1, 0.15) is 51.9 Å². The molecule has 1 aliphatic carbocycles. The van der Waals surface area contributed by atoms with Crippen molar-refractivity contribution in [2.75, 3.05) is 19.7 Å². The molecule has 1 atom stereocenters. The second-order valence-corrected chi connectivity index (χ2v) is 5.55. The molecule has 3 N–H and O–H groups in total. The van der Waals surface area contributed by atoms with Crippen molar-refractivity contribution >= 4 is 5.96 Å². The van der Waals surface area contributed by atoms with Crippen LogP contribution in [-0.4, -0.2) is 42.7 Å². The summed E-state index contributed by atoms with van der Waals surface area (Å²) in [6.45, 7) is 4.77. The van der Waals surface area contributed by atoms with Gasteiger partial charge in [0.2, 0.25) is 5.96 Å². The molecule has 2 fully saturated rings. The highest BCUT2D eigenvalue weighted by Crippen LogP contribution is 2.21. The fourth-order valence-electron chi connectivity index (χ4n) is 3.10. The minimum absolute atomic E-state index is 0.323. The van der Waals surface area contributed by atoms with Gasteiger partial charge in [-0.25, -0.2) is 10.8 Å². The smallest absolute Gasteiger partial charge is 0.208 e. The molecule has 1 saturated heterocycles. The molecule has 1 saturated carbocycles. The maximum atomic E-state index is 5.73. The summed E-state index contributed by atoms with van der Waals surface area (Å²) in [7, 11) is 0. The first-order valence-corrected chi connectivity index (χ1v) is 7.74. The number of hydrogen-bond acceptors (Lipinski definition) is 3. The number of guanidine groups is 1. The summed E-state index contributed by atoms with van der Waals surface area (Å²) in [5.41, 5.74) is 2.80. The lowest BCUT2D eigenvalue weighted by Crippen LogP contribution is -2.51. The normalized spacial score (nSPS) is 26.5. The quantitative estimate of drug-likeness (QED) is 0.353. The maximum absolute atomic E-state index is 5.73. The molecule has 0 radical (unpaired) electrons. The molecule has 0 bridgehead atoms. The molecule has 0 spiro atoms. The van der Waals surface area contributed by atoms with Gasteiger partial charge in [0.05, 0.1) is 12.1 Å². The highest BCUT2D eigenvalue weighted by atomic mass is 16.5. The molecule has 110 valence electrons. The van der Waals surface area contributed by atoms with Gasteiger partial charge in [-0.2, -0.15) is 0 Å². The van der Waals surface area contributed by atoms with Crippen LogP contribution in [0.3, 0.4) is 0 Å². The molecule has 2 rings (SSSR count). The summed E-state index contributed by atoms with van der Waals surface area (Å²) in [5, 5.41) is 0. The van der Waals surface area contributed by atoms with Crippen LogP contribution in [0, 0.1) is 0 Å². The number of nitrogens with two attached hydrogens (primary N) is 1. The second-order valence-electron chi connectivity index (χ2n) is 5.55. The number of nitrogens with zero attached hydrogens (tertiary/aromatic N) is 2. The number of hydrazine groups is 1. The van der Waals surface area contributed by atoms with Crippen LogP contribution in [0.4, 0.5) is 0 Å². The Bertz CT molecular complexity index is 287. The third-order valence-electron chi connectivity index (χ3n) is 4.09. The SMILES string of the molecule is CCOC1CCCN(C(=NC2CCCCC2)NN)C1. The van der Waals surface area contributed by atoms with Gasteiger partial charge in [0.15, 0.2) is 0 Å². The average Bonchev–Trinajstić information content (AvgIpc) is 2.46. The second kappa shape index (κ2) is 7.70. The van der Waals surface area contributed by atoms with Crippen LogP contribution in [0.2, 0.25) is 0 Å². The van der Waals surface area contributed by atoms with Crippen molar-refractivity contribution < 1.29 is 4.74 Å². The zero-order valence-electron chi connectivity index (χ0n) is 12.1. The molecule has 0 aromatic heterocycles. The summed E-state index contributed by atoms with van der Waals surface area (Å²) < 4.78 is 5.73. The van der Waals surface area contributed by atoms with Crippen molar-refractivity contribution in [3.05, 3.63) is 0 Å². The molecule has 1 unspecified atom stereocenters. The molecule has 1 heterocycles. The molecule has 0 aromatic carbocycles. The number of rotatable bonds is 3. The lowest BCUT2D eigenvalue weighted by molar-refractivity contribution is 0.0226. The van der Waals surface area contributed by atoms with E-state index in [-0.39, 0.29) is 0 Å². The van der Waals surface area contributed by atoms with Gasteiger partial charge in [-0.3, -0.25) is 5.43 Å². The van der Waals surface area contributed by atoms with E-state index in [2.05, 4.69) is 17.2 Å². The summed E-state index contributed by atoms with van der Waals surface area (Å²) in [4.78, 5) is 7.07. The average molecular weight is 268 g/mol. The molecule has 5 heteroatoms. The predicted octanol–water partition coefficient (Wildman–Crippen LogP) is 1.64. The van der Waals surface area contributed by atoms with Crippen molar-refractivity contribution in [3.8, 4) is 0 Å². The molecule has 0 amide bonds. The lowest BCUT2D eigenvalue weighted by Gasteiger charge is -2.35. The number of aliphatic imine (C=N–C) groups is 1. The first-order valence-electron chi connectivity index (χ1n) is 7.74. The molecule has 19 heavy (non-hydrogen) atoms. The van der Waals surface area contributed by atoms with Crippen molar-refractivity contribution in [1.82, 2.24) is 10.3 Å². The summed E-state index contributed by atoms with van der Waals surface area (Å²) in [5.74, 6) is 6.53. The van der Waals surface area contributed by atoms with E-state index in [0.717, 1.165) is 38.5 Å². The topological polar surface area (TPSA) is 62.9 Å². The van der Waals surface area contributed by atoms with Gasteiger partial charge < -0.3 is 9.64 Å². The molecule has 0 aromatic rings. The zero-order chi connectivity index (χ0) is 13.5. The van der Waals surface area contributed by atoms with E-state index in [1.54, 1.807) is 0 Å². The number of nitrogens with one attached hydrogen (secondary N) is 1. The van der Waals surface area contributed by atoms with Crippen LogP contribution in [-0.2, 0) is 4.74 Å². The minimum atomic E-state index is 0.323. The Morgan fingerprint density at radius 3 is 2.74 bits per heavy atom. The van der Waals surface area contributed by atoms with Gasteiger partial charge in [0.25, 0.3) is 0 Å². The van der Waals surface area contributed by atoms with E-state index in [1.165, 1.54) is 32.1 Å². The first kappa shape index (κ1) is 14.6. The first-order chi connectivity index (χ1) is 9.33. The fraction of sp³-hybridized carbons (Fsp3) is 0.929. The van der Waals surface area contributed by atoms with Crippen LogP contribution in [0.15, 0.2) is 4.99 Å². The molecule has 2 aliphatic rings. The Hall–Kier alpha value is -0.810. The van der Waals surface area contributed by atoms with Crippen LogP contribution >= 0.6 is 0 Å². The summed E-state index contributed by atoms with van der Waals surface area (Å²) >= 11 is 0. The zero-order valence-corrected chi connectivity index (χ0v) is 12.1. The third kappa shape index (κ3) is 4.35. The van der Waals surface area contributed by atoms with E-state index >= 15 is 0 Å². The van der Waals surface area contributed by atoms with E-state index in [1.807, 2.05) is 0 Å². The monoisotopic (exact) mass is 268 g/mol. The van der Waals surface area contributed by atoms with Gasteiger partial charge in [0, 0.05) is 19.7 Å². The largest absolute Gasteiger partial charge is 0.377 e. The van der Waals surface area contributed by atoms with Gasteiger partial charge in [-0.15, -0.1) is 0 Å².